The van der Waals surface area contributed by atoms with Crippen LogP contribution in [0.25, 0.3) is 0 Å². The number of hydrogen-bond donors (Lipinski definition) is 2. The molecule has 1 rings (SSSR count). The second-order valence-electron chi connectivity index (χ2n) is 3.94. The molecule has 0 heterocycles. The van der Waals surface area contributed by atoms with Gasteiger partial charge in [0.05, 0.1) is 0 Å². The van der Waals surface area contributed by atoms with Crippen molar-refractivity contribution >= 4 is 23.5 Å². The molecule has 1 aliphatic rings. The highest BCUT2D eigenvalue weighted by molar-refractivity contribution is 6.28. The third kappa shape index (κ3) is 5.02. The average Bonchev–Trinajstić information content (AvgIpc) is 3.00. The number of urea groups is 1. The van der Waals surface area contributed by atoms with Crippen molar-refractivity contribution in [3.63, 3.8) is 0 Å². The number of imide groups is 1. The molecule has 1 atom stereocenters. The number of amides is 3. The Labute approximate surface area is 94.7 Å². The molecule has 1 fully saturated rings. The quantitative estimate of drug-likeness (QED) is 0.708. The summed E-state index contributed by atoms with van der Waals surface area (Å²) in [4.78, 5) is 22.1. The van der Waals surface area contributed by atoms with Gasteiger partial charge in [0.15, 0.2) is 0 Å². The lowest BCUT2D eigenvalue weighted by Gasteiger charge is -2.16. The van der Waals surface area contributed by atoms with Gasteiger partial charge in [0.25, 0.3) is 0 Å². The summed E-state index contributed by atoms with van der Waals surface area (Å²) in [5.74, 6) is 0.113. The molecule has 0 aliphatic heterocycles. The second-order valence-corrected chi connectivity index (χ2v) is 4.21. The predicted molar refractivity (Wildman–Crippen MR) is 58.8 cm³/mol. The highest BCUT2D eigenvalue weighted by atomic mass is 35.5. The summed E-state index contributed by atoms with van der Waals surface area (Å²) in [6.07, 6.45) is 4.43. The molecule has 0 aromatic heterocycles. The largest absolute Gasteiger partial charge is 0.335 e. The predicted octanol–water partition coefficient (Wildman–Crippen LogP) is 1.63. The fourth-order valence-corrected chi connectivity index (χ4v) is 1.53. The van der Waals surface area contributed by atoms with E-state index in [1.807, 2.05) is 6.92 Å². The van der Waals surface area contributed by atoms with Crippen molar-refractivity contribution in [2.45, 2.75) is 38.6 Å². The van der Waals surface area contributed by atoms with E-state index in [2.05, 4.69) is 10.6 Å². The number of alkyl halides is 1. The third-order valence-electron chi connectivity index (χ3n) is 2.52. The zero-order valence-corrected chi connectivity index (χ0v) is 9.64. The summed E-state index contributed by atoms with van der Waals surface area (Å²) in [6.45, 7) is 2.02. The molecule has 5 heteroatoms. The van der Waals surface area contributed by atoms with E-state index in [9.17, 15) is 9.59 Å². The zero-order valence-electron chi connectivity index (χ0n) is 8.88. The molecule has 0 spiro atoms. The van der Waals surface area contributed by atoms with Crippen molar-refractivity contribution in [3.05, 3.63) is 0 Å². The summed E-state index contributed by atoms with van der Waals surface area (Å²) in [6, 6.07) is -0.270. The van der Waals surface area contributed by atoms with Crippen LogP contribution in [0.5, 0.6) is 0 Å². The van der Waals surface area contributed by atoms with Gasteiger partial charge in [0, 0.05) is 6.04 Å². The second kappa shape index (κ2) is 5.95. The maximum atomic E-state index is 11.3. The van der Waals surface area contributed by atoms with Crippen LogP contribution in [-0.4, -0.2) is 23.9 Å². The minimum Gasteiger partial charge on any atom is -0.335 e. The molecule has 1 aliphatic carbocycles. The Kier molecular flexibility index (Phi) is 4.88. The first-order chi connectivity index (χ1) is 7.15. The van der Waals surface area contributed by atoms with Gasteiger partial charge < -0.3 is 5.32 Å². The van der Waals surface area contributed by atoms with Crippen molar-refractivity contribution in [1.82, 2.24) is 10.6 Å². The molecule has 2 N–H and O–H groups in total. The first-order valence-corrected chi connectivity index (χ1v) is 5.85. The summed E-state index contributed by atoms with van der Waals surface area (Å²) in [7, 11) is 0. The Hall–Kier alpha value is -0.770. The van der Waals surface area contributed by atoms with E-state index >= 15 is 0 Å². The summed E-state index contributed by atoms with van der Waals surface area (Å²) in [5.41, 5.74) is 0. The monoisotopic (exact) mass is 232 g/mol. The van der Waals surface area contributed by atoms with E-state index in [0.717, 1.165) is 18.8 Å². The van der Waals surface area contributed by atoms with Crippen LogP contribution in [0, 0.1) is 5.92 Å². The van der Waals surface area contributed by atoms with E-state index in [1.54, 1.807) is 0 Å². The maximum absolute atomic E-state index is 11.3. The van der Waals surface area contributed by atoms with Gasteiger partial charge in [-0.1, -0.05) is 19.8 Å². The van der Waals surface area contributed by atoms with E-state index < -0.39 is 11.9 Å². The van der Waals surface area contributed by atoms with Gasteiger partial charge in [-0.05, 0) is 18.8 Å². The Balaban J connectivity index is 2.23. The molecule has 1 unspecified atom stereocenters. The molecule has 1 saturated carbocycles. The van der Waals surface area contributed by atoms with Gasteiger partial charge in [-0.2, -0.15) is 0 Å². The average molecular weight is 233 g/mol. The highest BCUT2D eigenvalue weighted by Gasteiger charge is 2.25. The molecule has 3 amide bonds. The lowest BCUT2D eigenvalue weighted by atomic mass is 10.1. The molecule has 0 bridgehead atoms. The van der Waals surface area contributed by atoms with E-state index in [0.29, 0.717) is 0 Å². The third-order valence-corrected chi connectivity index (χ3v) is 2.76. The number of halogens is 1. The number of hydrogen-bond acceptors (Lipinski definition) is 2. The number of rotatable bonds is 5. The number of nitrogens with one attached hydrogen (secondary N) is 2. The van der Waals surface area contributed by atoms with Crippen LogP contribution in [0.2, 0.25) is 0 Å². The maximum Gasteiger partial charge on any atom is 0.321 e. The first-order valence-electron chi connectivity index (χ1n) is 5.32. The Morgan fingerprint density at radius 3 is 2.60 bits per heavy atom. The first kappa shape index (κ1) is 12.3. The van der Waals surface area contributed by atoms with Gasteiger partial charge in [-0.25, -0.2) is 4.79 Å². The molecule has 0 aromatic carbocycles. The summed E-state index contributed by atoms with van der Waals surface area (Å²) in [5, 5.41) is 4.94. The fourth-order valence-electron chi connectivity index (χ4n) is 1.47. The highest BCUT2D eigenvalue weighted by Crippen LogP contribution is 2.33. The van der Waals surface area contributed by atoms with Crippen molar-refractivity contribution in [3.8, 4) is 0 Å². The van der Waals surface area contributed by atoms with Crippen LogP contribution in [-0.2, 0) is 4.79 Å². The van der Waals surface area contributed by atoms with Crippen molar-refractivity contribution < 1.29 is 9.59 Å². The Bertz CT molecular complexity index is 242. The topological polar surface area (TPSA) is 58.2 Å². The molecule has 0 saturated heterocycles. The molecular formula is C10H17ClN2O2. The van der Waals surface area contributed by atoms with Gasteiger partial charge >= 0.3 is 6.03 Å². The fraction of sp³-hybridized carbons (Fsp3) is 0.800. The Morgan fingerprint density at radius 2 is 2.13 bits per heavy atom. The van der Waals surface area contributed by atoms with Gasteiger partial charge in [0.2, 0.25) is 5.91 Å². The van der Waals surface area contributed by atoms with Crippen molar-refractivity contribution in [2.24, 2.45) is 5.92 Å². The lowest BCUT2D eigenvalue weighted by molar-refractivity contribution is -0.117. The molecule has 0 aromatic rings. The lowest BCUT2D eigenvalue weighted by Crippen LogP contribution is -2.44. The van der Waals surface area contributed by atoms with Gasteiger partial charge in [-0.3, -0.25) is 10.1 Å². The van der Waals surface area contributed by atoms with Crippen LogP contribution in [0.15, 0.2) is 0 Å². The normalized spacial score (nSPS) is 16.9. The standard InChI is InChI=1S/C10H17ClN2O2/c1-2-8(5-7-3-4-7)12-10(15)13-9(14)6-11/h7-8H,2-6H2,1H3,(H2,12,13,14,15). The molecule has 86 valence electrons. The van der Waals surface area contributed by atoms with E-state index in [4.69, 9.17) is 11.6 Å². The number of carbonyl (C=O) groups excluding carboxylic acids is 2. The smallest absolute Gasteiger partial charge is 0.321 e. The minimum absolute atomic E-state index is 0.167. The molecule has 15 heavy (non-hydrogen) atoms. The van der Waals surface area contributed by atoms with Crippen molar-refractivity contribution in [2.75, 3.05) is 5.88 Å². The van der Waals surface area contributed by atoms with Crippen molar-refractivity contribution in [1.29, 1.82) is 0 Å². The van der Waals surface area contributed by atoms with Crippen LogP contribution in [0.1, 0.15) is 32.6 Å². The Morgan fingerprint density at radius 1 is 1.47 bits per heavy atom. The van der Waals surface area contributed by atoms with Crippen LogP contribution in [0.4, 0.5) is 4.79 Å². The van der Waals surface area contributed by atoms with Crippen LogP contribution >= 0.6 is 11.6 Å². The van der Waals surface area contributed by atoms with E-state index in [1.165, 1.54) is 12.8 Å². The number of carbonyl (C=O) groups is 2. The summed E-state index contributed by atoms with van der Waals surface area (Å²) >= 11 is 5.27. The van der Waals surface area contributed by atoms with Crippen LogP contribution < -0.4 is 10.6 Å². The van der Waals surface area contributed by atoms with Crippen LogP contribution in [0.3, 0.4) is 0 Å². The summed E-state index contributed by atoms with van der Waals surface area (Å²) < 4.78 is 0. The zero-order chi connectivity index (χ0) is 11.3. The van der Waals surface area contributed by atoms with E-state index in [-0.39, 0.29) is 11.9 Å². The molecular weight excluding hydrogens is 216 g/mol. The minimum atomic E-state index is -0.463. The van der Waals surface area contributed by atoms with Gasteiger partial charge in [0.1, 0.15) is 5.88 Å². The molecule has 0 radical (unpaired) electrons. The van der Waals surface area contributed by atoms with Gasteiger partial charge in [-0.15, -0.1) is 11.6 Å². The molecule has 4 nitrogen and oxygen atoms in total. The SMILES string of the molecule is CCC(CC1CC1)NC(=O)NC(=O)CCl.